The van der Waals surface area contributed by atoms with Crippen molar-refractivity contribution in [2.75, 3.05) is 18.4 Å². The number of benzene rings is 1. The van der Waals surface area contributed by atoms with E-state index in [0.717, 1.165) is 19.3 Å². The molecule has 30 heavy (non-hydrogen) atoms. The molecule has 1 aromatic carbocycles. The van der Waals surface area contributed by atoms with Gasteiger partial charge in [-0.05, 0) is 56.9 Å². The molecule has 1 saturated heterocycles. The third-order valence-electron chi connectivity index (χ3n) is 5.24. The van der Waals surface area contributed by atoms with Gasteiger partial charge in [0.05, 0.1) is 5.02 Å². The van der Waals surface area contributed by atoms with Crippen LogP contribution in [-0.2, 0) is 16.4 Å². The number of aromatic amines is 1. The second-order valence-electron chi connectivity index (χ2n) is 7.50. The van der Waals surface area contributed by atoms with E-state index in [1.54, 1.807) is 13.0 Å². The van der Waals surface area contributed by atoms with Crippen LogP contribution in [0.5, 0.6) is 0 Å². The highest BCUT2D eigenvalue weighted by Crippen LogP contribution is 2.30. The van der Waals surface area contributed by atoms with Gasteiger partial charge in [-0.2, -0.15) is 4.31 Å². The molecule has 0 saturated carbocycles. The first-order valence-electron chi connectivity index (χ1n) is 10.00. The van der Waals surface area contributed by atoms with Crippen molar-refractivity contribution in [3.63, 3.8) is 0 Å². The van der Waals surface area contributed by atoms with Gasteiger partial charge in [0.1, 0.15) is 10.6 Å². The van der Waals surface area contributed by atoms with Crippen LogP contribution in [0.2, 0.25) is 5.02 Å². The molecule has 0 unspecified atom stereocenters. The number of hydrogen-bond donors (Lipinski definition) is 2. The molecule has 9 heteroatoms. The van der Waals surface area contributed by atoms with Crippen LogP contribution in [0, 0.1) is 6.92 Å². The van der Waals surface area contributed by atoms with Gasteiger partial charge in [-0.3, -0.25) is 9.59 Å². The molecule has 1 fully saturated rings. The number of hydrogen-bond acceptors (Lipinski definition) is 4. The number of sulfonamides is 1. The minimum absolute atomic E-state index is 0.0234. The smallest absolute Gasteiger partial charge is 0.272 e. The molecule has 2 aromatic rings. The van der Waals surface area contributed by atoms with E-state index in [0.29, 0.717) is 47.7 Å². The molecule has 0 spiro atoms. The molecule has 1 amide bonds. The highest BCUT2D eigenvalue weighted by atomic mass is 35.5. The van der Waals surface area contributed by atoms with Gasteiger partial charge in [-0.15, -0.1) is 0 Å². The van der Waals surface area contributed by atoms with Gasteiger partial charge in [-0.25, -0.2) is 8.42 Å². The van der Waals surface area contributed by atoms with Gasteiger partial charge in [-0.1, -0.05) is 24.9 Å². The maximum Gasteiger partial charge on any atom is 0.272 e. The van der Waals surface area contributed by atoms with Crippen LogP contribution in [0.25, 0.3) is 0 Å². The summed E-state index contributed by atoms with van der Waals surface area (Å²) >= 11 is 6.18. The molecule has 0 radical (unpaired) electrons. The van der Waals surface area contributed by atoms with Crippen molar-refractivity contribution in [2.24, 2.45) is 0 Å². The maximum atomic E-state index is 13.0. The van der Waals surface area contributed by atoms with Crippen molar-refractivity contribution in [3.05, 3.63) is 45.7 Å². The number of nitrogens with zero attached hydrogens (tertiary/aromatic N) is 1. The molecule has 7 nitrogen and oxygen atoms in total. The van der Waals surface area contributed by atoms with Crippen molar-refractivity contribution in [3.8, 4) is 0 Å². The van der Waals surface area contributed by atoms with E-state index in [1.807, 2.05) is 6.92 Å². The van der Waals surface area contributed by atoms with Crippen LogP contribution in [0.1, 0.15) is 65.2 Å². The third-order valence-corrected chi connectivity index (χ3v) is 7.62. The Morgan fingerprint density at radius 2 is 1.90 bits per heavy atom. The number of Topliss-reactive ketones (excluding diaryl/α,β-unsaturated/α-hetero) is 1. The fourth-order valence-corrected chi connectivity index (χ4v) is 5.90. The number of rotatable bonds is 7. The number of amides is 1. The largest absolute Gasteiger partial charge is 0.354 e. The van der Waals surface area contributed by atoms with Crippen LogP contribution in [0.4, 0.5) is 5.69 Å². The van der Waals surface area contributed by atoms with E-state index < -0.39 is 15.9 Å². The van der Waals surface area contributed by atoms with Crippen LogP contribution in [-0.4, -0.2) is 42.5 Å². The summed E-state index contributed by atoms with van der Waals surface area (Å²) in [6.07, 6.45) is 2.99. The molecular weight excluding hydrogens is 426 g/mol. The average Bonchev–Trinajstić information content (AvgIpc) is 3.32. The normalized spacial score (nSPS) is 14.8. The molecule has 162 valence electrons. The number of halogens is 1. The Balaban J connectivity index is 1.93. The number of ketones is 1. The Labute approximate surface area is 181 Å². The Hall–Kier alpha value is -2.16. The summed E-state index contributed by atoms with van der Waals surface area (Å²) in [4.78, 5) is 28.0. The second-order valence-corrected chi connectivity index (χ2v) is 9.81. The number of anilines is 1. The first kappa shape index (κ1) is 22.5. The molecule has 1 aliphatic heterocycles. The zero-order valence-corrected chi connectivity index (χ0v) is 18.9. The van der Waals surface area contributed by atoms with Crippen molar-refractivity contribution in [1.29, 1.82) is 0 Å². The maximum absolute atomic E-state index is 13.0. The van der Waals surface area contributed by atoms with Crippen molar-refractivity contribution < 1.29 is 18.0 Å². The fraction of sp³-hybridized carbons (Fsp3) is 0.429. The van der Waals surface area contributed by atoms with Crippen LogP contribution in [0.15, 0.2) is 23.1 Å². The lowest BCUT2D eigenvalue weighted by molar-refractivity contribution is 0.101. The summed E-state index contributed by atoms with van der Waals surface area (Å²) in [5.74, 6) is -0.530. The molecule has 1 aromatic heterocycles. The van der Waals surface area contributed by atoms with Gasteiger partial charge >= 0.3 is 0 Å². The van der Waals surface area contributed by atoms with E-state index in [1.165, 1.54) is 23.4 Å². The van der Waals surface area contributed by atoms with Crippen molar-refractivity contribution in [1.82, 2.24) is 9.29 Å². The highest BCUT2D eigenvalue weighted by Gasteiger charge is 2.30. The minimum atomic E-state index is -3.73. The molecule has 0 aliphatic carbocycles. The van der Waals surface area contributed by atoms with E-state index in [4.69, 9.17) is 11.6 Å². The van der Waals surface area contributed by atoms with E-state index in [2.05, 4.69) is 10.3 Å². The van der Waals surface area contributed by atoms with Crippen LogP contribution < -0.4 is 5.32 Å². The summed E-state index contributed by atoms with van der Waals surface area (Å²) in [6.45, 7) is 6.14. The summed E-state index contributed by atoms with van der Waals surface area (Å²) < 4.78 is 27.2. The number of nitrogens with one attached hydrogen (secondary N) is 2. The predicted molar refractivity (Wildman–Crippen MR) is 117 cm³/mol. The van der Waals surface area contributed by atoms with Gasteiger partial charge in [0.2, 0.25) is 10.0 Å². The number of aromatic nitrogens is 1. The van der Waals surface area contributed by atoms with E-state index in [9.17, 15) is 18.0 Å². The first-order valence-corrected chi connectivity index (χ1v) is 11.8. The van der Waals surface area contributed by atoms with Crippen molar-refractivity contribution >= 4 is 39.0 Å². The van der Waals surface area contributed by atoms with Gasteiger partial charge in [0.15, 0.2) is 5.78 Å². The highest BCUT2D eigenvalue weighted by molar-refractivity contribution is 7.89. The van der Waals surface area contributed by atoms with Crippen LogP contribution in [0.3, 0.4) is 0 Å². The standard InChI is InChI=1S/C21H26ClN3O4S/c1-4-7-16-19(14(3)26)13(2)23-20(16)21(27)24-15-8-9-17(22)18(12-15)30(28,29)25-10-5-6-11-25/h8-9,12,23H,4-7,10-11H2,1-3H3,(H,24,27). The Morgan fingerprint density at radius 1 is 1.23 bits per heavy atom. The summed E-state index contributed by atoms with van der Waals surface area (Å²) in [7, 11) is -3.73. The lowest BCUT2D eigenvalue weighted by Gasteiger charge is -2.17. The van der Waals surface area contributed by atoms with Gasteiger partial charge < -0.3 is 10.3 Å². The Bertz CT molecular complexity index is 1090. The first-order chi connectivity index (χ1) is 14.2. The molecule has 2 heterocycles. The number of carbonyl (C=O) groups excluding carboxylic acids is 2. The summed E-state index contributed by atoms with van der Waals surface area (Å²) in [5, 5.41) is 2.86. The fourth-order valence-electron chi connectivity index (χ4n) is 3.89. The van der Waals surface area contributed by atoms with Crippen LogP contribution >= 0.6 is 11.6 Å². The quantitative estimate of drug-likeness (QED) is 0.617. The molecule has 3 rings (SSSR count). The van der Waals surface area contributed by atoms with E-state index in [-0.39, 0.29) is 15.7 Å². The number of aryl methyl sites for hydroxylation is 1. The second kappa shape index (κ2) is 8.91. The molecule has 0 atom stereocenters. The van der Waals surface area contributed by atoms with Gasteiger partial charge in [0, 0.05) is 30.0 Å². The number of H-pyrrole nitrogens is 1. The summed E-state index contributed by atoms with van der Waals surface area (Å²) in [5.41, 5.74) is 2.50. The third kappa shape index (κ3) is 4.31. The molecule has 0 bridgehead atoms. The minimum Gasteiger partial charge on any atom is -0.354 e. The molecular formula is C21H26ClN3O4S. The lowest BCUT2D eigenvalue weighted by atomic mass is 10.0. The monoisotopic (exact) mass is 451 g/mol. The van der Waals surface area contributed by atoms with Gasteiger partial charge in [0.25, 0.3) is 5.91 Å². The zero-order valence-electron chi connectivity index (χ0n) is 17.3. The predicted octanol–water partition coefficient (Wildman–Crippen LogP) is 4.17. The lowest BCUT2D eigenvalue weighted by Crippen LogP contribution is -2.28. The zero-order chi connectivity index (χ0) is 22.1. The SMILES string of the molecule is CCCc1c(C(=O)Nc2ccc(Cl)c(S(=O)(=O)N3CCCC3)c2)[nH]c(C)c1C(C)=O. The van der Waals surface area contributed by atoms with E-state index >= 15 is 0 Å². The van der Waals surface area contributed by atoms with Crippen molar-refractivity contribution in [2.45, 2.75) is 51.3 Å². The topological polar surface area (TPSA) is 99.3 Å². The molecule has 2 N–H and O–H groups in total. The average molecular weight is 452 g/mol. The Kier molecular flexibility index (Phi) is 6.69. The Morgan fingerprint density at radius 3 is 2.50 bits per heavy atom. The summed E-state index contributed by atoms with van der Waals surface area (Å²) in [6, 6.07) is 4.41. The number of carbonyl (C=O) groups is 2. The molecule has 1 aliphatic rings.